The number of hydrogen-bond acceptors (Lipinski definition) is 2. The van der Waals surface area contributed by atoms with Gasteiger partial charge in [0.1, 0.15) is 0 Å². The molecule has 0 radical (unpaired) electrons. The van der Waals surface area contributed by atoms with Crippen molar-refractivity contribution in [1.29, 1.82) is 0 Å². The maximum Gasteiger partial charge on any atom is 0.0974 e. The predicted molar refractivity (Wildman–Crippen MR) is 112 cm³/mol. The van der Waals surface area contributed by atoms with E-state index in [-0.39, 0.29) is 10.2 Å². The van der Waals surface area contributed by atoms with Crippen LogP contribution in [0.2, 0.25) is 0 Å². The average molecular weight is 373 g/mol. The Labute approximate surface area is 163 Å². The van der Waals surface area contributed by atoms with E-state index in [0.29, 0.717) is 5.92 Å². The molecule has 1 aromatic heterocycles. The highest BCUT2D eigenvalue weighted by molar-refractivity contribution is 8.01. The first-order chi connectivity index (χ1) is 12.5. The van der Waals surface area contributed by atoms with Crippen LogP contribution in [0.1, 0.15) is 53.8 Å². The number of rotatable bonds is 0. The molecule has 0 nitrogen and oxygen atoms in total. The van der Waals surface area contributed by atoms with Gasteiger partial charge < -0.3 is 0 Å². The summed E-state index contributed by atoms with van der Waals surface area (Å²) in [6.45, 7) is 7.18. The van der Waals surface area contributed by atoms with Crippen molar-refractivity contribution in [2.75, 3.05) is 0 Å². The molecule has 128 valence electrons. The van der Waals surface area contributed by atoms with Crippen molar-refractivity contribution in [3.8, 4) is 0 Å². The topological polar surface area (TPSA) is 0 Å². The lowest BCUT2D eigenvalue weighted by atomic mass is 9.56. The van der Waals surface area contributed by atoms with Gasteiger partial charge in [-0.05, 0) is 50.3 Å². The molecule has 2 heterocycles. The molecule has 3 aromatic rings. The lowest BCUT2D eigenvalue weighted by molar-refractivity contribution is 0.464. The van der Waals surface area contributed by atoms with Crippen molar-refractivity contribution in [3.05, 3.63) is 92.7 Å². The summed E-state index contributed by atoms with van der Waals surface area (Å²) in [6, 6.07) is 20.7. The summed E-state index contributed by atoms with van der Waals surface area (Å²) in [7, 11) is 0. The van der Waals surface area contributed by atoms with Gasteiger partial charge in [-0.1, -0.05) is 69.3 Å². The zero-order chi connectivity index (χ0) is 17.7. The minimum Gasteiger partial charge on any atom is -0.143 e. The van der Waals surface area contributed by atoms with Crippen molar-refractivity contribution in [2.45, 2.75) is 36.3 Å². The monoisotopic (exact) mass is 372 g/mol. The first-order valence-corrected chi connectivity index (χ1v) is 10.9. The van der Waals surface area contributed by atoms with E-state index in [0.717, 1.165) is 0 Å². The van der Waals surface area contributed by atoms with Crippen LogP contribution in [0.15, 0.2) is 70.4 Å². The number of allylic oxidation sites excluding steroid dienone is 1. The molecule has 3 aliphatic carbocycles. The molecule has 0 fully saturated rings. The molecule has 0 saturated carbocycles. The lowest BCUT2D eigenvalue weighted by Crippen LogP contribution is -2.40. The van der Waals surface area contributed by atoms with Crippen LogP contribution in [-0.2, 0) is 4.75 Å². The molecule has 2 heteroatoms. The van der Waals surface area contributed by atoms with Crippen LogP contribution in [0, 0.1) is 5.41 Å². The smallest absolute Gasteiger partial charge is 0.0974 e. The number of fused-ring (bicyclic) bond motifs is 1. The minimum absolute atomic E-state index is 0.0625. The summed E-state index contributed by atoms with van der Waals surface area (Å²) in [6.07, 6.45) is 0. The SMILES string of the molecule is CC(C)(C)C1=C2c3sccc3SC23c2ccccc2C1c1ccccc13. The van der Waals surface area contributed by atoms with Gasteiger partial charge in [-0.15, -0.1) is 23.1 Å². The molecule has 0 saturated heterocycles. The molecule has 2 bridgehead atoms. The summed E-state index contributed by atoms with van der Waals surface area (Å²) in [5, 5.41) is 2.26. The first-order valence-electron chi connectivity index (χ1n) is 9.24. The fourth-order valence-corrected chi connectivity index (χ4v) is 8.23. The quantitative estimate of drug-likeness (QED) is 0.407. The van der Waals surface area contributed by atoms with Gasteiger partial charge in [0.25, 0.3) is 0 Å². The normalized spacial score (nSPS) is 25.0. The van der Waals surface area contributed by atoms with Gasteiger partial charge in [-0.3, -0.25) is 0 Å². The zero-order valence-electron chi connectivity index (χ0n) is 15.2. The fraction of sp³-hybridized carbons (Fsp3) is 0.250. The summed E-state index contributed by atoms with van der Waals surface area (Å²) in [5.41, 5.74) is 9.43. The lowest BCUT2D eigenvalue weighted by Gasteiger charge is -2.51. The standard InChI is InChI=1S/C24H20S2/c1-23(2,3)20-19-14-8-4-6-10-16(14)24(17-11-7-5-9-15(17)19)21(20)22-18(26-24)12-13-25-22/h4-13,19H,1-3H3. The maximum atomic E-state index is 2.39. The van der Waals surface area contributed by atoms with Gasteiger partial charge in [0.05, 0.1) is 4.75 Å². The zero-order valence-corrected chi connectivity index (χ0v) is 16.8. The van der Waals surface area contributed by atoms with Crippen LogP contribution < -0.4 is 0 Å². The van der Waals surface area contributed by atoms with E-state index in [4.69, 9.17) is 0 Å². The average Bonchev–Trinajstić information content (AvgIpc) is 3.20. The van der Waals surface area contributed by atoms with Gasteiger partial charge in [0.15, 0.2) is 0 Å². The second-order valence-corrected chi connectivity index (χ2v) is 10.7. The van der Waals surface area contributed by atoms with Crippen LogP contribution in [-0.4, -0.2) is 0 Å². The molecule has 7 rings (SSSR count). The molecule has 0 amide bonds. The van der Waals surface area contributed by atoms with E-state index in [1.165, 1.54) is 32.0 Å². The molecule has 4 aliphatic rings. The van der Waals surface area contributed by atoms with Crippen LogP contribution in [0.3, 0.4) is 0 Å². The van der Waals surface area contributed by atoms with Crippen LogP contribution in [0.4, 0.5) is 0 Å². The van der Waals surface area contributed by atoms with Gasteiger partial charge in [0.2, 0.25) is 0 Å². The Morgan fingerprint density at radius 3 is 2.08 bits per heavy atom. The largest absolute Gasteiger partial charge is 0.143 e. The fourth-order valence-electron chi connectivity index (χ4n) is 5.34. The van der Waals surface area contributed by atoms with Gasteiger partial charge in [0, 0.05) is 15.7 Å². The van der Waals surface area contributed by atoms with E-state index in [1.54, 1.807) is 11.1 Å². The third-order valence-corrected chi connectivity index (χ3v) is 8.71. The number of hydrogen-bond donors (Lipinski definition) is 0. The summed E-state index contributed by atoms with van der Waals surface area (Å²) < 4.78 is -0.0625. The van der Waals surface area contributed by atoms with Crippen molar-refractivity contribution < 1.29 is 0 Å². The Morgan fingerprint density at radius 2 is 1.46 bits per heavy atom. The molecule has 1 spiro atoms. The van der Waals surface area contributed by atoms with Crippen molar-refractivity contribution >= 4 is 28.7 Å². The highest BCUT2D eigenvalue weighted by Crippen LogP contribution is 2.73. The Balaban J connectivity index is 1.84. The molecule has 2 aromatic carbocycles. The van der Waals surface area contributed by atoms with Crippen LogP contribution in [0.25, 0.3) is 5.57 Å². The Hall–Kier alpha value is -1.77. The van der Waals surface area contributed by atoms with E-state index in [1.807, 2.05) is 11.3 Å². The van der Waals surface area contributed by atoms with Gasteiger partial charge in [-0.2, -0.15) is 0 Å². The summed E-state index contributed by atoms with van der Waals surface area (Å²) in [4.78, 5) is 2.97. The van der Waals surface area contributed by atoms with E-state index >= 15 is 0 Å². The maximum absolute atomic E-state index is 2.39. The Bertz CT molecular complexity index is 1060. The highest BCUT2D eigenvalue weighted by Gasteiger charge is 2.59. The number of benzene rings is 2. The number of thioether (sulfide) groups is 1. The van der Waals surface area contributed by atoms with Crippen molar-refractivity contribution in [1.82, 2.24) is 0 Å². The van der Waals surface area contributed by atoms with E-state index in [2.05, 4.69) is 92.5 Å². The van der Waals surface area contributed by atoms with E-state index < -0.39 is 0 Å². The third-order valence-electron chi connectivity index (χ3n) is 6.14. The Morgan fingerprint density at radius 1 is 0.846 bits per heavy atom. The van der Waals surface area contributed by atoms with Gasteiger partial charge in [-0.25, -0.2) is 0 Å². The molecular weight excluding hydrogens is 352 g/mol. The highest BCUT2D eigenvalue weighted by atomic mass is 32.2. The third kappa shape index (κ3) is 1.60. The summed E-state index contributed by atoms with van der Waals surface area (Å²) >= 11 is 3.99. The first kappa shape index (κ1) is 15.3. The molecule has 0 atom stereocenters. The van der Waals surface area contributed by atoms with Crippen LogP contribution >= 0.6 is 23.1 Å². The van der Waals surface area contributed by atoms with Crippen molar-refractivity contribution in [3.63, 3.8) is 0 Å². The second-order valence-electron chi connectivity index (χ2n) is 8.54. The molecule has 0 unspecified atom stereocenters. The Kier molecular flexibility index (Phi) is 2.79. The van der Waals surface area contributed by atoms with Gasteiger partial charge >= 0.3 is 0 Å². The minimum atomic E-state index is -0.0625. The molecular formula is C24H20S2. The van der Waals surface area contributed by atoms with Crippen LogP contribution in [0.5, 0.6) is 0 Å². The number of thiophene rings is 1. The second kappa shape index (κ2) is 4.74. The van der Waals surface area contributed by atoms with Crippen molar-refractivity contribution in [2.24, 2.45) is 5.41 Å². The summed E-state index contributed by atoms with van der Waals surface area (Å²) in [5.74, 6) is 0.382. The van der Waals surface area contributed by atoms with E-state index in [9.17, 15) is 0 Å². The molecule has 26 heavy (non-hydrogen) atoms. The molecule has 0 N–H and O–H groups in total. The molecule has 1 aliphatic heterocycles. The predicted octanol–water partition coefficient (Wildman–Crippen LogP) is 7.06.